The fourth-order valence-corrected chi connectivity index (χ4v) is 3.05. The van der Waals surface area contributed by atoms with E-state index in [1.807, 2.05) is 12.1 Å². The lowest BCUT2D eigenvalue weighted by atomic mass is 9.96. The number of ether oxygens (including phenoxy) is 1. The van der Waals surface area contributed by atoms with E-state index in [2.05, 4.69) is 33.1 Å². The molecule has 32 heavy (non-hydrogen) atoms. The second kappa shape index (κ2) is 9.96. The van der Waals surface area contributed by atoms with Gasteiger partial charge in [-0.25, -0.2) is 9.97 Å². The van der Waals surface area contributed by atoms with Gasteiger partial charge in [-0.3, -0.25) is 4.79 Å². The lowest BCUT2D eigenvalue weighted by molar-refractivity contribution is -0.303. The highest BCUT2D eigenvalue weighted by Gasteiger charge is 2.30. The molecule has 1 amide bonds. The topological polar surface area (TPSA) is 55.3 Å². The normalized spacial score (nSPS) is 14.1. The van der Waals surface area contributed by atoms with Crippen molar-refractivity contribution in [1.29, 1.82) is 0 Å². The first kappa shape index (κ1) is 22.8. The Balaban J connectivity index is 1.73. The maximum absolute atomic E-state index is 12.9. The van der Waals surface area contributed by atoms with Gasteiger partial charge < -0.3 is 9.64 Å². The van der Waals surface area contributed by atoms with Crippen molar-refractivity contribution in [3.05, 3.63) is 95.3 Å². The Morgan fingerprint density at radius 3 is 2.72 bits per heavy atom. The van der Waals surface area contributed by atoms with E-state index < -0.39 is 12.1 Å². The molecule has 0 saturated heterocycles. The number of benzene rings is 1. The van der Waals surface area contributed by atoms with Crippen LogP contribution >= 0.6 is 0 Å². The highest BCUT2D eigenvalue weighted by molar-refractivity contribution is 5.97. The minimum absolute atomic E-state index is 0.117. The molecule has 0 saturated carbocycles. The summed E-state index contributed by atoms with van der Waals surface area (Å²) in [5.41, 5.74) is 2.61. The Kier molecular flexibility index (Phi) is 7.11. The van der Waals surface area contributed by atoms with Gasteiger partial charge in [0.25, 0.3) is 5.91 Å². The fraction of sp³-hybridized carbons (Fsp3) is 0.208. The number of amides is 1. The smallest absolute Gasteiger partial charge is 0.406 e. The first-order chi connectivity index (χ1) is 15.2. The van der Waals surface area contributed by atoms with E-state index in [4.69, 9.17) is 0 Å². The largest absolute Gasteiger partial charge is 0.573 e. The van der Waals surface area contributed by atoms with Crippen LogP contribution in [-0.2, 0) is 17.7 Å². The van der Waals surface area contributed by atoms with Crippen LogP contribution in [0.15, 0.2) is 72.8 Å². The average molecular weight is 439 g/mol. The molecule has 164 valence electrons. The molecule has 0 radical (unpaired) electrons. The van der Waals surface area contributed by atoms with Crippen molar-refractivity contribution in [1.82, 2.24) is 14.9 Å². The van der Waals surface area contributed by atoms with Crippen LogP contribution in [0.4, 0.5) is 13.2 Å². The minimum Gasteiger partial charge on any atom is -0.406 e. The number of hydrogen-bond donors (Lipinski definition) is 0. The molecule has 5 nitrogen and oxygen atoms in total. The second-order valence-corrected chi connectivity index (χ2v) is 6.86. The van der Waals surface area contributed by atoms with Crippen LogP contribution in [0.25, 0.3) is 0 Å². The zero-order valence-electron chi connectivity index (χ0n) is 17.3. The van der Waals surface area contributed by atoms with E-state index >= 15 is 0 Å². The van der Waals surface area contributed by atoms with Gasteiger partial charge in [0.1, 0.15) is 11.6 Å². The van der Waals surface area contributed by atoms with Gasteiger partial charge in [-0.05, 0) is 49.3 Å². The highest BCUT2D eigenvalue weighted by atomic mass is 19.4. The van der Waals surface area contributed by atoms with Crippen molar-refractivity contribution in [2.45, 2.75) is 26.3 Å². The number of fused-ring (bicyclic) bond motifs is 1. The Hall–Kier alpha value is -3.86. The molecule has 1 aromatic heterocycles. The maximum atomic E-state index is 12.9. The molecule has 0 N–H and O–H groups in total. The highest BCUT2D eigenvalue weighted by Crippen LogP contribution is 2.22. The van der Waals surface area contributed by atoms with E-state index in [1.54, 1.807) is 42.4 Å². The molecule has 3 rings (SSSR count). The third kappa shape index (κ3) is 6.32. The van der Waals surface area contributed by atoms with Crippen LogP contribution < -0.4 is 0 Å². The lowest BCUT2D eigenvalue weighted by Gasteiger charge is -2.28. The van der Waals surface area contributed by atoms with E-state index in [0.717, 1.165) is 11.6 Å². The molecular formula is C24H20F3N3O2. The van der Waals surface area contributed by atoms with Crippen LogP contribution in [0, 0.1) is 11.8 Å². The SMILES string of the molecule is C=C(/C=C\C(C#Cc1ccc2c(c1)C(=O)N(Cc1ncccn1)CC2)=C/C)OC(F)(F)F. The van der Waals surface area contributed by atoms with Crippen molar-refractivity contribution in [2.24, 2.45) is 0 Å². The Labute approximate surface area is 183 Å². The lowest BCUT2D eigenvalue weighted by Crippen LogP contribution is -2.37. The van der Waals surface area contributed by atoms with Gasteiger partial charge in [0.15, 0.2) is 0 Å². The molecule has 1 aliphatic rings. The monoisotopic (exact) mass is 439 g/mol. The summed E-state index contributed by atoms with van der Waals surface area (Å²) in [5, 5.41) is 0. The molecule has 2 heterocycles. The Morgan fingerprint density at radius 2 is 2.03 bits per heavy atom. The van der Waals surface area contributed by atoms with Crippen molar-refractivity contribution in [3.8, 4) is 11.8 Å². The first-order valence-electron chi connectivity index (χ1n) is 9.74. The summed E-state index contributed by atoms with van der Waals surface area (Å²) >= 11 is 0. The Morgan fingerprint density at radius 1 is 1.28 bits per heavy atom. The van der Waals surface area contributed by atoms with Gasteiger partial charge in [0.2, 0.25) is 0 Å². The summed E-state index contributed by atoms with van der Waals surface area (Å²) in [5.74, 6) is 5.74. The fourth-order valence-electron chi connectivity index (χ4n) is 3.05. The molecule has 0 fully saturated rings. The van der Waals surface area contributed by atoms with Crippen LogP contribution in [0.1, 0.15) is 34.2 Å². The summed E-state index contributed by atoms with van der Waals surface area (Å²) in [6.45, 7) is 5.81. The quantitative estimate of drug-likeness (QED) is 0.389. The van der Waals surface area contributed by atoms with Crippen molar-refractivity contribution in [3.63, 3.8) is 0 Å². The summed E-state index contributed by atoms with van der Waals surface area (Å²) in [7, 11) is 0. The van der Waals surface area contributed by atoms with Crippen molar-refractivity contribution in [2.75, 3.05) is 6.54 Å². The molecule has 0 atom stereocenters. The average Bonchev–Trinajstić information content (AvgIpc) is 2.75. The van der Waals surface area contributed by atoms with Crippen LogP contribution in [-0.4, -0.2) is 33.7 Å². The van der Waals surface area contributed by atoms with Crippen LogP contribution in [0.2, 0.25) is 0 Å². The van der Waals surface area contributed by atoms with Gasteiger partial charge in [-0.1, -0.05) is 30.6 Å². The summed E-state index contributed by atoms with van der Waals surface area (Å²) in [6.07, 6.45) is 3.32. The summed E-state index contributed by atoms with van der Waals surface area (Å²) in [6, 6.07) is 7.14. The van der Waals surface area contributed by atoms with Gasteiger partial charge in [-0.2, -0.15) is 0 Å². The molecule has 1 aliphatic heterocycles. The predicted octanol–water partition coefficient (Wildman–Crippen LogP) is 4.58. The number of halogens is 3. The number of carbonyl (C=O) groups is 1. The van der Waals surface area contributed by atoms with Gasteiger partial charge in [0, 0.05) is 35.6 Å². The maximum Gasteiger partial charge on any atom is 0.573 e. The number of aromatic nitrogens is 2. The van der Waals surface area contributed by atoms with Crippen LogP contribution in [0.5, 0.6) is 0 Å². The minimum atomic E-state index is -4.79. The molecule has 1 aromatic carbocycles. The molecule has 0 bridgehead atoms. The molecule has 0 aliphatic carbocycles. The predicted molar refractivity (Wildman–Crippen MR) is 113 cm³/mol. The van der Waals surface area contributed by atoms with Gasteiger partial charge >= 0.3 is 6.36 Å². The standard InChI is InChI=1S/C24H20F3N3O2/c1-3-18(6-5-17(2)32-24(25,26)27)7-8-19-9-10-20-11-14-30(23(31)21(20)15-19)16-22-28-12-4-13-29-22/h3-6,9-10,12-13,15H,2,11,14,16H2,1H3/b6-5-,18-3+. The number of nitrogens with zero attached hydrogens (tertiary/aromatic N) is 3. The van der Waals surface area contributed by atoms with Crippen molar-refractivity contribution < 1.29 is 22.7 Å². The van der Waals surface area contributed by atoms with E-state index in [9.17, 15) is 18.0 Å². The first-order valence-corrected chi connectivity index (χ1v) is 9.74. The number of carbonyl (C=O) groups excluding carboxylic acids is 1. The molecule has 0 spiro atoms. The second-order valence-electron chi connectivity index (χ2n) is 6.86. The van der Waals surface area contributed by atoms with Gasteiger partial charge in [0.05, 0.1) is 6.54 Å². The number of hydrogen-bond acceptors (Lipinski definition) is 4. The molecule has 8 heteroatoms. The van der Waals surface area contributed by atoms with Crippen LogP contribution in [0.3, 0.4) is 0 Å². The van der Waals surface area contributed by atoms with Gasteiger partial charge in [-0.15, -0.1) is 13.2 Å². The third-order valence-electron chi connectivity index (χ3n) is 4.59. The third-order valence-corrected chi connectivity index (χ3v) is 4.59. The Bertz CT molecular complexity index is 1130. The zero-order chi connectivity index (χ0) is 23.1. The van der Waals surface area contributed by atoms with E-state index in [1.165, 1.54) is 6.08 Å². The molecular weight excluding hydrogens is 419 g/mol. The summed E-state index contributed by atoms with van der Waals surface area (Å²) in [4.78, 5) is 23.0. The number of alkyl halides is 3. The van der Waals surface area contributed by atoms with Crippen molar-refractivity contribution >= 4 is 5.91 Å². The molecule has 2 aromatic rings. The van der Waals surface area contributed by atoms with E-state index in [0.29, 0.717) is 42.0 Å². The summed E-state index contributed by atoms with van der Waals surface area (Å²) < 4.78 is 40.3. The zero-order valence-corrected chi connectivity index (χ0v) is 17.3. The molecule has 0 unspecified atom stereocenters. The number of rotatable bonds is 5. The van der Waals surface area contributed by atoms with E-state index in [-0.39, 0.29) is 5.91 Å². The number of allylic oxidation sites excluding steroid dienone is 4.